The van der Waals surface area contributed by atoms with Crippen LogP contribution in [0.4, 0.5) is 4.39 Å². The summed E-state index contributed by atoms with van der Waals surface area (Å²) in [4.78, 5) is 37.3. The number of benzene rings is 1. The van der Waals surface area contributed by atoms with Crippen LogP contribution in [0.1, 0.15) is 73.5 Å². The Balaban J connectivity index is 1.39. The van der Waals surface area contributed by atoms with Crippen LogP contribution in [0, 0.1) is 25.6 Å². The minimum atomic E-state index is -0.327. The number of nitrogens with one attached hydrogen (secondary N) is 3. The summed E-state index contributed by atoms with van der Waals surface area (Å²) in [6.45, 7) is 5.95. The number of H-pyrrole nitrogens is 1. The number of ether oxygens (including phenoxy) is 1. The molecule has 3 aromatic rings. The Morgan fingerprint density at radius 2 is 1.76 bits per heavy atom. The average Bonchev–Trinajstić information content (AvgIpc) is 3.65. The molecule has 2 aromatic heterocycles. The Kier molecular flexibility index (Phi) is 7.13. The first-order valence-corrected chi connectivity index (χ1v) is 13.2. The molecule has 2 aliphatic carbocycles. The monoisotopic (exact) mass is 507 g/mol. The van der Waals surface area contributed by atoms with Crippen LogP contribution in [0.3, 0.4) is 0 Å². The number of hydrogen-bond acceptors (Lipinski definition) is 5. The maximum absolute atomic E-state index is 14.4. The highest BCUT2D eigenvalue weighted by atomic mass is 19.1. The average molecular weight is 508 g/mol. The number of amides is 2. The predicted octanol–water partition coefficient (Wildman–Crippen LogP) is 4.74. The molecule has 0 bridgehead atoms. The first-order chi connectivity index (χ1) is 17.8. The highest BCUT2D eigenvalue weighted by molar-refractivity contribution is 6.09. The fraction of sp³-hybridized carbons (Fsp3) is 0.500. The van der Waals surface area contributed by atoms with Crippen molar-refractivity contribution in [1.29, 1.82) is 0 Å². The molecule has 0 aliphatic heterocycles. The van der Waals surface area contributed by atoms with Crippen molar-refractivity contribution in [2.45, 2.75) is 77.8 Å². The van der Waals surface area contributed by atoms with E-state index in [4.69, 9.17) is 4.74 Å². The van der Waals surface area contributed by atoms with Crippen molar-refractivity contribution in [3.8, 4) is 17.0 Å². The molecule has 5 rings (SSSR count). The fourth-order valence-corrected chi connectivity index (χ4v) is 5.03. The van der Waals surface area contributed by atoms with Gasteiger partial charge in [0, 0.05) is 35.8 Å². The zero-order chi connectivity index (χ0) is 26.1. The third-order valence-corrected chi connectivity index (χ3v) is 7.43. The molecule has 0 spiro atoms. The van der Waals surface area contributed by atoms with Gasteiger partial charge in [-0.3, -0.25) is 9.59 Å². The molecule has 0 atom stereocenters. The molecule has 0 unspecified atom stereocenters. The zero-order valence-corrected chi connectivity index (χ0v) is 21.6. The van der Waals surface area contributed by atoms with Crippen molar-refractivity contribution in [2.75, 3.05) is 6.61 Å². The number of fused-ring (bicyclic) bond motifs is 1. The lowest BCUT2D eigenvalue weighted by Crippen LogP contribution is -2.43. The van der Waals surface area contributed by atoms with Crippen LogP contribution < -0.4 is 15.4 Å². The van der Waals surface area contributed by atoms with Crippen molar-refractivity contribution in [1.82, 2.24) is 25.6 Å². The van der Waals surface area contributed by atoms with Gasteiger partial charge in [0.1, 0.15) is 29.1 Å². The Morgan fingerprint density at radius 3 is 2.43 bits per heavy atom. The van der Waals surface area contributed by atoms with Crippen LogP contribution >= 0.6 is 0 Å². The van der Waals surface area contributed by atoms with Gasteiger partial charge in [0.05, 0.1) is 17.7 Å². The van der Waals surface area contributed by atoms with Gasteiger partial charge in [-0.25, -0.2) is 14.4 Å². The molecule has 2 aliphatic rings. The Labute approximate surface area is 215 Å². The summed E-state index contributed by atoms with van der Waals surface area (Å²) in [5, 5.41) is 6.21. The Hall–Kier alpha value is -3.49. The normalized spacial score (nSPS) is 19.6. The van der Waals surface area contributed by atoms with Crippen LogP contribution in [0.5, 0.6) is 5.75 Å². The van der Waals surface area contributed by atoms with Crippen LogP contribution in [0.2, 0.25) is 0 Å². The van der Waals surface area contributed by atoms with Crippen LogP contribution in [-0.4, -0.2) is 45.5 Å². The van der Waals surface area contributed by atoms with Crippen molar-refractivity contribution in [3.05, 3.63) is 41.1 Å². The van der Waals surface area contributed by atoms with Crippen LogP contribution in [-0.2, 0) is 4.79 Å². The van der Waals surface area contributed by atoms with E-state index in [9.17, 15) is 14.0 Å². The second-order valence-electron chi connectivity index (χ2n) is 10.4. The Morgan fingerprint density at radius 1 is 1.05 bits per heavy atom. The minimum absolute atomic E-state index is 0.0371. The lowest BCUT2D eigenvalue weighted by Gasteiger charge is -2.29. The molecule has 2 heterocycles. The molecule has 3 N–H and O–H groups in total. The van der Waals surface area contributed by atoms with Gasteiger partial charge in [-0.2, -0.15) is 0 Å². The van der Waals surface area contributed by atoms with E-state index in [-0.39, 0.29) is 29.7 Å². The molecular weight excluding hydrogens is 473 g/mol. The molecule has 0 radical (unpaired) electrons. The van der Waals surface area contributed by atoms with Crippen LogP contribution in [0.15, 0.2) is 18.5 Å². The maximum Gasteiger partial charge on any atom is 0.255 e. The van der Waals surface area contributed by atoms with E-state index < -0.39 is 0 Å². The van der Waals surface area contributed by atoms with Gasteiger partial charge in [-0.15, -0.1) is 0 Å². The number of carbonyl (C=O) groups is 2. The summed E-state index contributed by atoms with van der Waals surface area (Å²) in [6, 6.07) is 3.37. The lowest BCUT2D eigenvalue weighted by atomic mass is 9.91. The topological polar surface area (TPSA) is 109 Å². The van der Waals surface area contributed by atoms with E-state index in [1.165, 1.54) is 12.4 Å². The molecular formula is C28H34FN5O3. The molecule has 9 heteroatoms. The fourth-order valence-electron chi connectivity index (χ4n) is 5.03. The molecule has 8 nitrogen and oxygen atoms in total. The second kappa shape index (κ2) is 10.5. The van der Waals surface area contributed by atoms with Gasteiger partial charge in [0.2, 0.25) is 5.91 Å². The van der Waals surface area contributed by atoms with E-state index >= 15 is 0 Å². The van der Waals surface area contributed by atoms with Gasteiger partial charge in [-0.1, -0.05) is 6.92 Å². The van der Waals surface area contributed by atoms with E-state index in [1.807, 2.05) is 13.8 Å². The van der Waals surface area contributed by atoms with E-state index in [1.54, 1.807) is 13.0 Å². The largest absolute Gasteiger partial charge is 0.492 e. The molecule has 2 saturated carbocycles. The summed E-state index contributed by atoms with van der Waals surface area (Å²) in [5.74, 6) is 0.514. The molecule has 196 valence electrons. The quantitative estimate of drug-likeness (QED) is 0.408. The van der Waals surface area contributed by atoms with Gasteiger partial charge < -0.3 is 20.4 Å². The minimum Gasteiger partial charge on any atom is -0.492 e. The number of nitrogens with zero attached hydrogens (tertiary/aromatic N) is 2. The summed E-state index contributed by atoms with van der Waals surface area (Å²) in [6.07, 6.45) is 7.46. The van der Waals surface area contributed by atoms with Crippen LogP contribution in [0.25, 0.3) is 22.3 Å². The molecule has 0 saturated heterocycles. The third kappa shape index (κ3) is 5.45. The summed E-state index contributed by atoms with van der Waals surface area (Å²) < 4.78 is 20.4. The zero-order valence-electron chi connectivity index (χ0n) is 21.6. The SMILES string of the molecule is CCC(=O)NC1CCC(NC(=O)c2c(C)[nH]c3c(-c4cc(C)c(F)cc4OCC4CC4)ncnc23)CC1. The Bertz CT molecular complexity index is 1330. The standard InChI is InChI=1S/C28H34FN5O3/c1-4-23(35)33-18-7-9-19(10-8-18)34-28(36)24-16(3)32-27-25(30-14-31-26(24)27)20-11-15(2)21(29)12-22(20)37-13-17-5-6-17/h11-12,14,17-19,32H,4-10,13H2,1-3H3,(H,33,35)(H,34,36). The summed E-state index contributed by atoms with van der Waals surface area (Å²) >= 11 is 0. The third-order valence-electron chi connectivity index (χ3n) is 7.43. The van der Waals surface area contributed by atoms with Gasteiger partial charge in [0.25, 0.3) is 5.91 Å². The highest BCUT2D eigenvalue weighted by Crippen LogP contribution is 2.37. The number of aryl methyl sites for hydroxylation is 2. The number of rotatable bonds is 8. The first-order valence-electron chi connectivity index (χ1n) is 13.2. The number of hydrogen-bond donors (Lipinski definition) is 3. The maximum atomic E-state index is 14.4. The van der Waals surface area contributed by atoms with Crippen molar-refractivity contribution < 1.29 is 18.7 Å². The van der Waals surface area contributed by atoms with Gasteiger partial charge in [0.15, 0.2) is 0 Å². The van der Waals surface area contributed by atoms with E-state index in [0.29, 0.717) is 63.8 Å². The van der Waals surface area contributed by atoms with Gasteiger partial charge >= 0.3 is 0 Å². The molecule has 2 amide bonds. The number of aromatic amines is 1. The second-order valence-corrected chi connectivity index (χ2v) is 10.4. The van der Waals surface area contributed by atoms with Gasteiger partial charge in [-0.05, 0) is 69.9 Å². The predicted molar refractivity (Wildman–Crippen MR) is 139 cm³/mol. The van der Waals surface area contributed by atoms with Crippen molar-refractivity contribution >= 4 is 22.8 Å². The molecule has 2 fully saturated rings. The first kappa shape index (κ1) is 25.2. The summed E-state index contributed by atoms with van der Waals surface area (Å²) in [7, 11) is 0. The molecule has 37 heavy (non-hydrogen) atoms. The smallest absolute Gasteiger partial charge is 0.255 e. The van der Waals surface area contributed by atoms with Crippen molar-refractivity contribution in [2.24, 2.45) is 5.92 Å². The summed E-state index contributed by atoms with van der Waals surface area (Å²) in [5.41, 5.74) is 4.07. The highest BCUT2D eigenvalue weighted by Gasteiger charge is 2.28. The number of halogens is 1. The van der Waals surface area contributed by atoms with E-state index in [2.05, 4.69) is 25.6 Å². The van der Waals surface area contributed by atoms with E-state index in [0.717, 1.165) is 38.5 Å². The number of carbonyl (C=O) groups excluding carboxylic acids is 2. The lowest BCUT2D eigenvalue weighted by molar-refractivity contribution is -0.121. The molecule has 1 aromatic carbocycles. The van der Waals surface area contributed by atoms with Crippen molar-refractivity contribution in [3.63, 3.8) is 0 Å². The number of aromatic nitrogens is 3.